The maximum Gasteiger partial charge on any atom is 0.321 e. The van der Waals surface area contributed by atoms with E-state index in [0.717, 1.165) is 5.69 Å². The van der Waals surface area contributed by atoms with Gasteiger partial charge in [-0.1, -0.05) is 0 Å². The number of aromatic nitrogens is 1. The van der Waals surface area contributed by atoms with E-state index in [1.54, 1.807) is 0 Å². The highest BCUT2D eigenvalue weighted by atomic mass is 32.2. The number of thiazole rings is 1. The summed E-state index contributed by atoms with van der Waals surface area (Å²) in [6.07, 6.45) is 0. The first-order valence-corrected chi connectivity index (χ1v) is 6.80. The number of nitrogens with one attached hydrogen (secondary N) is 1. The quantitative estimate of drug-likeness (QED) is 0.707. The van der Waals surface area contributed by atoms with Crippen LogP contribution in [0.25, 0.3) is 0 Å². The number of carboxylic acids is 1. The van der Waals surface area contributed by atoms with Crippen molar-refractivity contribution < 1.29 is 14.7 Å². The zero-order chi connectivity index (χ0) is 12.8. The van der Waals surface area contributed by atoms with E-state index in [2.05, 4.69) is 10.3 Å². The molecule has 0 saturated heterocycles. The van der Waals surface area contributed by atoms with Crippen LogP contribution in [0.5, 0.6) is 0 Å². The first-order chi connectivity index (χ1) is 7.99. The topological polar surface area (TPSA) is 105 Å². The van der Waals surface area contributed by atoms with E-state index >= 15 is 0 Å². The summed E-state index contributed by atoms with van der Waals surface area (Å²) < 4.78 is 0. The summed E-state index contributed by atoms with van der Waals surface area (Å²) in [6, 6.07) is -0.853. The molecule has 0 bridgehead atoms. The Kier molecular flexibility index (Phi) is 5.39. The number of rotatable bonds is 6. The van der Waals surface area contributed by atoms with Gasteiger partial charge in [0.2, 0.25) is 5.91 Å². The van der Waals surface area contributed by atoms with Gasteiger partial charge in [-0.3, -0.25) is 9.59 Å². The number of anilines is 1. The highest BCUT2D eigenvalue weighted by Crippen LogP contribution is 2.19. The van der Waals surface area contributed by atoms with Crippen LogP contribution in [0, 0.1) is 0 Å². The molecule has 1 aromatic heterocycles. The first kappa shape index (κ1) is 13.9. The van der Waals surface area contributed by atoms with E-state index in [1.807, 2.05) is 5.38 Å². The fraction of sp³-hybridized carbons (Fsp3) is 0.444. The van der Waals surface area contributed by atoms with Crippen molar-refractivity contribution in [2.75, 3.05) is 11.1 Å². The number of carbonyl (C=O) groups excluding carboxylic acids is 1. The molecule has 0 saturated carbocycles. The van der Waals surface area contributed by atoms with Gasteiger partial charge in [0.15, 0.2) is 5.13 Å². The molecule has 0 radical (unpaired) electrons. The molecular formula is C9H13N3O3S2. The van der Waals surface area contributed by atoms with Gasteiger partial charge in [-0.15, -0.1) is 11.3 Å². The highest BCUT2D eigenvalue weighted by molar-refractivity contribution is 7.98. The van der Waals surface area contributed by atoms with Crippen LogP contribution in [0.4, 0.5) is 5.13 Å². The van der Waals surface area contributed by atoms with E-state index < -0.39 is 12.0 Å². The van der Waals surface area contributed by atoms with Crippen LogP contribution >= 0.6 is 23.1 Å². The molecule has 1 atom stereocenters. The SMILES string of the molecule is CC(=O)Nc1nc(CSCC(N)C(=O)O)cs1. The van der Waals surface area contributed by atoms with E-state index in [-0.39, 0.29) is 5.91 Å². The molecule has 1 amide bonds. The summed E-state index contributed by atoms with van der Waals surface area (Å²) in [7, 11) is 0. The molecule has 1 unspecified atom stereocenters. The third kappa shape index (κ3) is 5.16. The summed E-state index contributed by atoms with van der Waals surface area (Å²) >= 11 is 2.74. The van der Waals surface area contributed by atoms with Gasteiger partial charge >= 0.3 is 5.97 Å². The van der Waals surface area contributed by atoms with Gasteiger partial charge in [-0.25, -0.2) is 4.98 Å². The van der Waals surface area contributed by atoms with Gasteiger partial charge in [-0.2, -0.15) is 11.8 Å². The minimum atomic E-state index is -1.00. The van der Waals surface area contributed by atoms with Crippen molar-refractivity contribution in [3.63, 3.8) is 0 Å². The van der Waals surface area contributed by atoms with Crippen molar-refractivity contribution >= 4 is 40.1 Å². The third-order valence-electron chi connectivity index (χ3n) is 1.70. The van der Waals surface area contributed by atoms with Gasteiger partial charge < -0.3 is 16.2 Å². The van der Waals surface area contributed by atoms with Crippen LogP contribution < -0.4 is 11.1 Å². The van der Waals surface area contributed by atoms with Crippen molar-refractivity contribution in [3.8, 4) is 0 Å². The summed E-state index contributed by atoms with van der Waals surface area (Å²) in [4.78, 5) is 25.4. The smallest absolute Gasteiger partial charge is 0.321 e. The Morgan fingerprint density at radius 2 is 2.41 bits per heavy atom. The Labute approximate surface area is 107 Å². The molecular weight excluding hydrogens is 262 g/mol. The number of amides is 1. The van der Waals surface area contributed by atoms with Gasteiger partial charge in [0.05, 0.1) is 5.69 Å². The van der Waals surface area contributed by atoms with Crippen molar-refractivity contribution in [1.82, 2.24) is 4.98 Å². The van der Waals surface area contributed by atoms with Crippen LogP contribution in [-0.4, -0.2) is 33.8 Å². The van der Waals surface area contributed by atoms with Crippen LogP contribution in [0.15, 0.2) is 5.38 Å². The number of nitrogens with two attached hydrogens (primary N) is 1. The normalized spacial score (nSPS) is 12.1. The second-order valence-corrected chi connectivity index (χ2v) is 5.17. The minimum absolute atomic E-state index is 0.161. The minimum Gasteiger partial charge on any atom is -0.480 e. The molecule has 0 aliphatic rings. The Morgan fingerprint density at radius 3 is 3.00 bits per heavy atom. The Balaban J connectivity index is 2.34. The molecule has 0 spiro atoms. The van der Waals surface area contributed by atoms with E-state index in [0.29, 0.717) is 16.6 Å². The fourth-order valence-electron chi connectivity index (χ4n) is 0.943. The third-order valence-corrected chi connectivity index (χ3v) is 3.60. The van der Waals surface area contributed by atoms with Crippen LogP contribution in [-0.2, 0) is 15.3 Å². The lowest BCUT2D eigenvalue weighted by atomic mass is 10.4. The number of nitrogens with zero attached hydrogens (tertiary/aromatic N) is 1. The zero-order valence-electron chi connectivity index (χ0n) is 9.17. The molecule has 1 aromatic rings. The van der Waals surface area contributed by atoms with Crippen molar-refractivity contribution in [2.45, 2.75) is 18.7 Å². The monoisotopic (exact) mass is 275 g/mol. The molecule has 0 aliphatic carbocycles. The Morgan fingerprint density at radius 1 is 1.71 bits per heavy atom. The Hall–Kier alpha value is -1.12. The molecule has 1 rings (SSSR count). The number of hydrogen-bond acceptors (Lipinski definition) is 6. The lowest BCUT2D eigenvalue weighted by Crippen LogP contribution is -2.32. The second kappa shape index (κ2) is 6.58. The predicted octanol–water partition coefficient (Wildman–Crippen LogP) is 0.747. The van der Waals surface area contributed by atoms with Gasteiger partial charge in [0, 0.05) is 23.8 Å². The van der Waals surface area contributed by atoms with Crippen LogP contribution in [0.1, 0.15) is 12.6 Å². The number of thioether (sulfide) groups is 1. The zero-order valence-corrected chi connectivity index (χ0v) is 10.8. The average Bonchev–Trinajstić information content (AvgIpc) is 2.64. The summed E-state index contributed by atoms with van der Waals surface area (Å²) in [6.45, 7) is 1.42. The molecule has 1 heterocycles. The van der Waals surface area contributed by atoms with E-state index in [4.69, 9.17) is 10.8 Å². The molecule has 6 nitrogen and oxygen atoms in total. The number of hydrogen-bond donors (Lipinski definition) is 3. The van der Waals surface area contributed by atoms with E-state index in [1.165, 1.54) is 30.0 Å². The molecule has 0 aliphatic heterocycles. The molecule has 8 heteroatoms. The number of carbonyl (C=O) groups is 2. The van der Waals surface area contributed by atoms with Crippen LogP contribution in [0.2, 0.25) is 0 Å². The molecule has 17 heavy (non-hydrogen) atoms. The van der Waals surface area contributed by atoms with Crippen LogP contribution in [0.3, 0.4) is 0 Å². The maximum atomic E-state index is 10.8. The standard InChI is InChI=1S/C9H13N3O3S2/c1-5(13)11-9-12-6(3-17-9)2-16-4-7(10)8(14)15/h3,7H,2,4,10H2,1H3,(H,14,15)(H,11,12,13). The predicted molar refractivity (Wildman–Crippen MR) is 68.2 cm³/mol. The largest absolute Gasteiger partial charge is 0.480 e. The second-order valence-electron chi connectivity index (χ2n) is 3.29. The fourth-order valence-corrected chi connectivity index (χ4v) is 2.68. The van der Waals surface area contributed by atoms with Crippen molar-refractivity contribution in [1.29, 1.82) is 0 Å². The Bertz CT molecular complexity index is 408. The number of aliphatic carboxylic acids is 1. The maximum absolute atomic E-state index is 10.8. The summed E-state index contributed by atoms with van der Waals surface area (Å²) in [5.74, 6) is -0.250. The van der Waals surface area contributed by atoms with Crippen molar-refractivity contribution in [3.05, 3.63) is 11.1 Å². The number of carboxylic acid groups (broad SMARTS) is 1. The molecule has 0 fully saturated rings. The average molecular weight is 275 g/mol. The van der Waals surface area contributed by atoms with Gasteiger partial charge in [0.25, 0.3) is 0 Å². The van der Waals surface area contributed by atoms with Crippen molar-refractivity contribution in [2.24, 2.45) is 5.73 Å². The molecule has 4 N–H and O–H groups in total. The highest BCUT2D eigenvalue weighted by Gasteiger charge is 2.11. The lowest BCUT2D eigenvalue weighted by molar-refractivity contribution is -0.137. The van der Waals surface area contributed by atoms with Gasteiger partial charge in [-0.05, 0) is 0 Å². The summed E-state index contributed by atoms with van der Waals surface area (Å²) in [5.41, 5.74) is 6.16. The lowest BCUT2D eigenvalue weighted by Gasteiger charge is -2.04. The van der Waals surface area contributed by atoms with E-state index in [9.17, 15) is 9.59 Å². The first-order valence-electron chi connectivity index (χ1n) is 4.77. The molecule has 94 valence electrons. The molecule has 0 aromatic carbocycles. The van der Waals surface area contributed by atoms with Gasteiger partial charge in [0.1, 0.15) is 6.04 Å². The summed E-state index contributed by atoms with van der Waals surface area (Å²) in [5, 5.41) is 13.5.